The third-order valence-electron chi connectivity index (χ3n) is 4.04. The molecule has 0 aromatic carbocycles. The third-order valence-corrected chi connectivity index (χ3v) is 4.04. The summed E-state index contributed by atoms with van der Waals surface area (Å²) in [5.74, 6) is 1.01. The second-order valence-corrected chi connectivity index (χ2v) is 5.80. The third kappa shape index (κ3) is 4.94. The van der Waals surface area contributed by atoms with Crippen LogP contribution in [0.25, 0.3) is 0 Å². The molecule has 1 aliphatic rings. The van der Waals surface area contributed by atoms with Crippen LogP contribution >= 0.6 is 0 Å². The van der Waals surface area contributed by atoms with Gasteiger partial charge in [-0.25, -0.2) is 0 Å². The summed E-state index contributed by atoms with van der Waals surface area (Å²) in [6.45, 7) is 4.27. The lowest BCUT2D eigenvalue weighted by atomic mass is 9.86. The van der Waals surface area contributed by atoms with Crippen molar-refractivity contribution in [2.45, 2.75) is 45.1 Å². The largest absolute Gasteiger partial charge is 0.345 e. The molecule has 18 heavy (non-hydrogen) atoms. The zero-order valence-corrected chi connectivity index (χ0v) is 12.2. The average molecular weight is 255 g/mol. The van der Waals surface area contributed by atoms with E-state index in [2.05, 4.69) is 18.9 Å². The zero-order chi connectivity index (χ0) is 13.5. The maximum Gasteiger partial charge on any atom is 0.236 e. The van der Waals surface area contributed by atoms with Gasteiger partial charge in [0.1, 0.15) is 0 Å². The summed E-state index contributed by atoms with van der Waals surface area (Å²) in [6.07, 6.45) is 5.99. The molecule has 0 radical (unpaired) electrons. The molecule has 0 heterocycles. The molecule has 106 valence electrons. The lowest BCUT2D eigenvalue weighted by Gasteiger charge is -2.34. The van der Waals surface area contributed by atoms with Crippen molar-refractivity contribution in [2.75, 3.05) is 33.7 Å². The van der Waals surface area contributed by atoms with Gasteiger partial charge >= 0.3 is 0 Å². The summed E-state index contributed by atoms with van der Waals surface area (Å²) in [5.41, 5.74) is 5.46. The van der Waals surface area contributed by atoms with Gasteiger partial charge in [0.05, 0.1) is 6.54 Å². The Labute approximate surface area is 111 Å². The predicted octanol–water partition coefficient (Wildman–Crippen LogP) is 1.30. The van der Waals surface area contributed by atoms with Gasteiger partial charge in [-0.3, -0.25) is 9.69 Å². The number of carbonyl (C=O) groups excluding carboxylic acids is 1. The normalized spacial score (nSPS) is 24.3. The lowest BCUT2D eigenvalue weighted by molar-refractivity contribution is -0.131. The number of hydrogen-bond donors (Lipinski definition) is 1. The first-order valence-electron chi connectivity index (χ1n) is 7.18. The van der Waals surface area contributed by atoms with E-state index < -0.39 is 0 Å². The molecule has 2 atom stereocenters. The van der Waals surface area contributed by atoms with Crippen molar-refractivity contribution in [1.29, 1.82) is 0 Å². The van der Waals surface area contributed by atoms with Crippen LogP contribution in [0, 0.1) is 5.92 Å². The van der Waals surface area contributed by atoms with Gasteiger partial charge in [0.15, 0.2) is 0 Å². The molecule has 2 unspecified atom stereocenters. The van der Waals surface area contributed by atoms with Crippen LogP contribution in [0.15, 0.2) is 0 Å². The van der Waals surface area contributed by atoms with Crippen molar-refractivity contribution in [3.8, 4) is 0 Å². The minimum atomic E-state index is 0.212. The molecule has 0 spiro atoms. The highest BCUT2D eigenvalue weighted by atomic mass is 16.2. The Hall–Kier alpha value is -0.610. The highest BCUT2D eigenvalue weighted by molar-refractivity contribution is 5.77. The summed E-state index contributed by atoms with van der Waals surface area (Å²) in [5, 5.41) is 0. The first-order chi connectivity index (χ1) is 8.54. The highest BCUT2D eigenvalue weighted by Gasteiger charge is 2.24. The monoisotopic (exact) mass is 255 g/mol. The number of carbonyl (C=O) groups is 1. The highest BCUT2D eigenvalue weighted by Crippen LogP contribution is 2.26. The summed E-state index contributed by atoms with van der Waals surface area (Å²) in [7, 11) is 3.95. The summed E-state index contributed by atoms with van der Waals surface area (Å²) < 4.78 is 0. The van der Waals surface area contributed by atoms with E-state index in [0.29, 0.717) is 19.1 Å². The first kappa shape index (κ1) is 15.4. The standard InChI is InChI=1S/C14H29N3O/c1-12-6-4-7-13(10-12)17(3)11-14(18)16(2)9-5-8-15/h12-13H,4-11,15H2,1-3H3. The molecule has 0 aromatic rings. The van der Waals surface area contributed by atoms with Crippen molar-refractivity contribution in [1.82, 2.24) is 9.80 Å². The number of nitrogens with zero attached hydrogens (tertiary/aromatic N) is 2. The van der Waals surface area contributed by atoms with Crippen LogP contribution in [0.4, 0.5) is 0 Å². The first-order valence-corrected chi connectivity index (χ1v) is 7.18. The molecule has 0 bridgehead atoms. The Kier molecular flexibility index (Phi) is 6.65. The fraction of sp³-hybridized carbons (Fsp3) is 0.929. The molecule has 2 N–H and O–H groups in total. The van der Waals surface area contributed by atoms with Crippen LogP contribution in [0.2, 0.25) is 0 Å². The van der Waals surface area contributed by atoms with Gasteiger partial charge in [-0.1, -0.05) is 19.8 Å². The molecular weight excluding hydrogens is 226 g/mol. The van der Waals surface area contributed by atoms with E-state index in [1.165, 1.54) is 25.7 Å². The van der Waals surface area contributed by atoms with E-state index in [1.807, 2.05) is 7.05 Å². The lowest BCUT2D eigenvalue weighted by Crippen LogP contribution is -2.43. The maximum atomic E-state index is 12.0. The van der Waals surface area contributed by atoms with Gasteiger partial charge in [0.2, 0.25) is 5.91 Å². The topological polar surface area (TPSA) is 49.6 Å². The Bertz CT molecular complexity index is 257. The number of amides is 1. The van der Waals surface area contributed by atoms with Crippen molar-refractivity contribution >= 4 is 5.91 Å². The Balaban J connectivity index is 2.33. The minimum absolute atomic E-state index is 0.212. The van der Waals surface area contributed by atoms with E-state index in [9.17, 15) is 4.79 Å². The van der Waals surface area contributed by atoms with Crippen molar-refractivity contribution in [2.24, 2.45) is 11.7 Å². The van der Waals surface area contributed by atoms with E-state index in [0.717, 1.165) is 18.9 Å². The van der Waals surface area contributed by atoms with E-state index in [1.54, 1.807) is 4.90 Å². The maximum absolute atomic E-state index is 12.0. The minimum Gasteiger partial charge on any atom is -0.345 e. The van der Waals surface area contributed by atoms with Crippen molar-refractivity contribution in [3.05, 3.63) is 0 Å². The van der Waals surface area contributed by atoms with Crippen LogP contribution < -0.4 is 5.73 Å². The summed E-state index contributed by atoms with van der Waals surface area (Å²) in [4.78, 5) is 16.1. The molecular formula is C14H29N3O. The Morgan fingerprint density at radius 1 is 1.33 bits per heavy atom. The molecule has 4 nitrogen and oxygen atoms in total. The molecule has 4 heteroatoms. The fourth-order valence-corrected chi connectivity index (χ4v) is 2.72. The van der Waals surface area contributed by atoms with Crippen LogP contribution in [0.1, 0.15) is 39.0 Å². The number of nitrogens with two attached hydrogens (primary N) is 1. The summed E-state index contributed by atoms with van der Waals surface area (Å²) >= 11 is 0. The molecule has 1 amide bonds. The van der Waals surface area contributed by atoms with Gasteiger partial charge in [-0.15, -0.1) is 0 Å². The quantitative estimate of drug-likeness (QED) is 0.778. The summed E-state index contributed by atoms with van der Waals surface area (Å²) in [6, 6.07) is 0.584. The molecule has 0 aliphatic heterocycles. The smallest absolute Gasteiger partial charge is 0.236 e. The second kappa shape index (κ2) is 7.74. The van der Waals surface area contributed by atoms with Gasteiger partial charge < -0.3 is 10.6 Å². The number of rotatable bonds is 6. The van der Waals surface area contributed by atoms with Crippen LogP contribution in [-0.4, -0.2) is 55.5 Å². The second-order valence-electron chi connectivity index (χ2n) is 5.80. The predicted molar refractivity (Wildman–Crippen MR) is 75.4 cm³/mol. The van der Waals surface area contributed by atoms with Crippen LogP contribution in [0.3, 0.4) is 0 Å². The molecule has 1 saturated carbocycles. The molecule has 0 aromatic heterocycles. The van der Waals surface area contributed by atoms with E-state index in [4.69, 9.17) is 5.73 Å². The number of hydrogen-bond acceptors (Lipinski definition) is 3. The molecule has 1 fully saturated rings. The molecule has 0 saturated heterocycles. The van der Waals surface area contributed by atoms with Gasteiger partial charge in [-0.2, -0.15) is 0 Å². The van der Waals surface area contributed by atoms with Gasteiger partial charge in [0, 0.05) is 19.6 Å². The fourth-order valence-electron chi connectivity index (χ4n) is 2.72. The number of likely N-dealkylation sites (N-methyl/N-ethyl adjacent to an activating group) is 2. The van der Waals surface area contributed by atoms with Crippen molar-refractivity contribution in [3.63, 3.8) is 0 Å². The van der Waals surface area contributed by atoms with Crippen LogP contribution in [0.5, 0.6) is 0 Å². The average Bonchev–Trinajstić information content (AvgIpc) is 2.35. The van der Waals surface area contributed by atoms with E-state index >= 15 is 0 Å². The van der Waals surface area contributed by atoms with E-state index in [-0.39, 0.29) is 5.91 Å². The van der Waals surface area contributed by atoms with Gasteiger partial charge in [-0.05, 0) is 38.8 Å². The van der Waals surface area contributed by atoms with Gasteiger partial charge in [0.25, 0.3) is 0 Å². The van der Waals surface area contributed by atoms with Crippen molar-refractivity contribution < 1.29 is 4.79 Å². The SMILES string of the molecule is CC1CCCC(N(C)CC(=O)N(C)CCCN)C1. The zero-order valence-electron chi connectivity index (χ0n) is 12.2. The molecule has 1 aliphatic carbocycles. The Morgan fingerprint density at radius 3 is 2.67 bits per heavy atom. The Morgan fingerprint density at radius 2 is 2.06 bits per heavy atom. The van der Waals surface area contributed by atoms with Crippen LogP contribution in [-0.2, 0) is 4.79 Å². The molecule has 1 rings (SSSR count).